The molecule has 18 heavy (non-hydrogen) atoms. The van der Waals surface area contributed by atoms with Gasteiger partial charge in [0.15, 0.2) is 6.19 Å². The van der Waals surface area contributed by atoms with Crippen LogP contribution >= 0.6 is 0 Å². The van der Waals surface area contributed by atoms with E-state index in [2.05, 4.69) is 16.4 Å². The maximum Gasteiger partial charge on any atom is 0.176 e. The zero-order valence-electron chi connectivity index (χ0n) is 9.77. The molecule has 2 rings (SSSR count). The minimum absolute atomic E-state index is 0.393. The second-order valence-electron chi connectivity index (χ2n) is 3.89. The van der Waals surface area contributed by atoms with Gasteiger partial charge < -0.3 is 10.3 Å². The van der Waals surface area contributed by atoms with Gasteiger partial charge in [-0.2, -0.15) is 10.5 Å². The van der Waals surface area contributed by atoms with Crippen LogP contribution in [0.25, 0.3) is 11.3 Å². The van der Waals surface area contributed by atoms with E-state index in [0.29, 0.717) is 13.0 Å². The van der Waals surface area contributed by atoms with Crippen molar-refractivity contribution in [2.75, 3.05) is 0 Å². The number of aromatic amines is 1. The highest BCUT2D eigenvalue weighted by molar-refractivity contribution is 5.60. The van der Waals surface area contributed by atoms with Crippen LogP contribution in [0.5, 0.6) is 0 Å². The van der Waals surface area contributed by atoms with Crippen LogP contribution in [0.4, 0.5) is 0 Å². The highest BCUT2D eigenvalue weighted by Crippen LogP contribution is 2.19. The quantitative estimate of drug-likeness (QED) is 0.631. The predicted octanol–water partition coefficient (Wildman–Crippen LogP) is 2.32. The Balaban J connectivity index is 2.13. The smallest absolute Gasteiger partial charge is 0.176 e. The first-order chi connectivity index (χ1) is 8.83. The van der Waals surface area contributed by atoms with Gasteiger partial charge in [0.2, 0.25) is 0 Å². The third-order valence-corrected chi connectivity index (χ3v) is 2.65. The Labute approximate surface area is 105 Å². The Morgan fingerprint density at radius 3 is 2.50 bits per heavy atom. The lowest BCUT2D eigenvalue weighted by molar-refractivity contribution is 0.884. The van der Waals surface area contributed by atoms with Gasteiger partial charge >= 0.3 is 0 Å². The number of hydrogen-bond donors (Lipinski definition) is 2. The third-order valence-electron chi connectivity index (χ3n) is 2.65. The van der Waals surface area contributed by atoms with Crippen molar-refractivity contribution in [1.29, 1.82) is 10.5 Å². The number of nitrogens with zero attached hydrogens (tertiary/aromatic N) is 2. The normalized spacial score (nSPS) is 9.44. The summed E-state index contributed by atoms with van der Waals surface area (Å²) in [6.07, 6.45) is 2.29. The molecular weight excluding hydrogens is 224 g/mol. The SMILES string of the molecule is N#CCc1ccc(-c2ccc(CNC#N)cc2)[nH]1. The number of rotatable bonds is 4. The van der Waals surface area contributed by atoms with Crippen molar-refractivity contribution in [2.24, 2.45) is 0 Å². The Bertz CT molecular complexity index is 596. The summed E-state index contributed by atoms with van der Waals surface area (Å²) < 4.78 is 0. The molecule has 0 saturated heterocycles. The molecule has 0 aliphatic heterocycles. The Kier molecular flexibility index (Phi) is 3.63. The van der Waals surface area contributed by atoms with Crippen molar-refractivity contribution in [2.45, 2.75) is 13.0 Å². The number of benzene rings is 1. The second-order valence-corrected chi connectivity index (χ2v) is 3.89. The van der Waals surface area contributed by atoms with Crippen LogP contribution in [0.2, 0.25) is 0 Å². The summed E-state index contributed by atoms with van der Waals surface area (Å²) in [5.41, 5.74) is 4.05. The van der Waals surface area contributed by atoms with E-state index in [4.69, 9.17) is 10.5 Å². The van der Waals surface area contributed by atoms with Gasteiger partial charge in [-0.3, -0.25) is 0 Å². The molecule has 0 unspecified atom stereocenters. The fraction of sp³-hybridized carbons (Fsp3) is 0.143. The van der Waals surface area contributed by atoms with Crippen LogP contribution in [-0.2, 0) is 13.0 Å². The Morgan fingerprint density at radius 1 is 1.06 bits per heavy atom. The molecule has 0 fully saturated rings. The van der Waals surface area contributed by atoms with Crippen LogP contribution in [0, 0.1) is 22.8 Å². The van der Waals surface area contributed by atoms with Crippen molar-refractivity contribution in [3.05, 3.63) is 47.7 Å². The van der Waals surface area contributed by atoms with Crippen molar-refractivity contribution in [3.8, 4) is 23.5 Å². The van der Waals surface area contributed by atoms with Crippen LogP contribution in [-0.4, -0.2) is 4.98 Å². The molecule has 0 aliphatic rings. The second kappa shape index (κ2) is 5.56. The molecular formula is C14H12N4. The summed E-state index contributed by atoms with van der Waals surface area (Å²) >= 11 is 0. The van der Waals surface area contributed by atoms with E-state index in [1.807, 2.05) is 42.6 Å². The molecule has 0 aliphatic carbocycles. The van der Waals surface area contributed by atoms with Crippen molar-refractivity contribution in [3.63, 3.8) is 0 Å². The van der Waals surface area contributed by atoms with Gasteiger partial charge in [-0.15, -0.1) is 0 Å². The van der Waals surface area contributed by atoms with Crippen LogP contribution in [0.15, 0.2) is 36.4 Å². The van der Waals surface area contributed by atoms with Gasteiger partial charge in [0, 0.05) is 17.9 Å². The fourth-order valence-electron chi connectivity index (χ4n) is 1.74. The van der Waals surface area contributed by atoms with Crippen molar-refractivity contribution >= 4 is 0 Å². The highest BCUT2D eigenvalue weighted by Gasteiger charge is 2.01. The monoisotopic (exact) mass is 236 g/mol. The number of H-pyrrole nitrogens is 1. The molecule has 4 nitrogen and oxygen atoms in total. The zero-order valence-corrected chi connectivity index (χ0v) is 9.77. The standard InChI is InChI=1S/C14H12N4/c15-8-7-13-5-6-14(18-13)12-3-1-11(2-4-12)9-17-10-16/h1-6,17-18H,7,9H2. The highest BCUT2D eigenvalue weighted by atomic mass is 14.8. The largest absolute Gasteiger partial charge is 0.358 e. The summed E-state index contributed by atoms with van der Waals surface area (Å²) in [5.74, 6) is 0. The molecule has 1 heterocycles. The average molecular weight is 236 g/mol. The third kappa shape index (κ3) is 2.69. The van der Waals surface area contributed by atoms with Crippen molar-refractivity contribution in [1.82, 2.24) is 10.3 Å². The van der Waals surface area contributed by atoms with Crippen LogP contribution < -0.4 is 5.32 Å². The molecule has 1 aromatic carbocycles. The zero-order chi connectivity index (χ0) is 12.8. The first kappa shape index (κ1) is 11.8. The molecule has 4 heteroatoms. The predicted molar refractivity (Wildman–Crippen MR) is 68.0 cm³/mol. The van der Waals surface area contributed by atoms with Crippen molar-refractivity contribution < 1.29 is 0 Å². The molecule has 2 N–H and O–H groups in total. The van der Waals surface area contributed by atoms with E-state index in [1.54, 1.807) is 0 Å². The molecule has 88 valence electrons. The molecule has 0 radical (unpaired) electrons. The lowest BCUT2D eigenvalue weighted by Crippen LogP contribution is -2.03. The summed E-state index contributed by atoms with van der Waals surface area (Å²) in [6.45, 7) is 0.543. The molecule has 1 aromatic heterocycles. The first-order valence-electron chi connectivity index (χ1n) is 5.59. The average Bonchev–Trinajstić information content (AvgIpc) is 2.86. The molecule has 0 spiro atoms. The van der Waals surface area contributed by atoms with Gasteiger partial charge in [0.25, 0.3) is 0 Å². The number of nitrogens with one attached hydrogen (secondary N) is 2. The minimum atomic E-state index is 0.393. The van der Waals surface area contributed by atoms with E-state index in [1.165, 1.54) is 0 Å². The molecule has 2 aromatic rings. The van der Waals surface area contributed by atoms with Gasteiger partial charge in [-0.1, -0.05) is 24.3 Å². The van der Waals surface area contributed by atoms with E-state index in [-0.39, 0.29) is 0 Å². The van der Waals surface area contributed by atoms with Gasteiger partial charge in [-0.05, 0) is 23.3 Å². The Morgan fingerprint density at radius 2 is 1.83 bits per heavy atom. The lowest BCUT2D eigenvalue weighted by atomic mass is 10.1. The van der Waals surface area contributed by atoms with Crippen LogP contribution in [0.3, 0.4) is 0 Å². The van der Waals surface area contributed by atoms with Crippen LogP contribution in [0.1, 0.15) is 11.3 Å². The summed E-state index contributed by atoms with van der Waals surface area (Å²) in [4.78, 5) is 3.20. The lowest BCUT2D eigenvalue weighted by Gasteiger charge is -2.01. The molecule has 0 atom stereocenters. The van der Waals surface area contributed by atoms with E-state index in [9.17, 15) is 0 Å². The molecule has 0 saturated carbocycles. The molecule has 0 amide bonds. The summed E-state index contributed by atoms with van der Waals surface area (Å²) in [5, 5.41) is 19.6. The van der Waals surface area contributed by atoms with Gasteiger partial charge in [-0.25, -0.2) is 0 Å². The van der Waals surface area contributed by atoms with Gasteiger partial charge in [0.1, 0.15) is 0 Å². The minimum Gasteiger partial charge on any atom is -0.358 e. The Hall–Kier alpha value is -2.72. The van der Waals surface area contributed by atoms with E-state index < -0.39 is 0 Å². The summed E-state index contributed by atoms with van der Waals surface area (Å²) in [6, 6.07) is 13.9. The first-order valence-corrected chi connectivity index (χ1v) is 5.59. The molecule has 0 bridgehead atoms. The number of hydrogen-bond acceptors (Lipinski definition) is 3. The topological polar surface area (TPSA) is 75.4 Å². The van der Waals surface area contributed by atoms with E-state index in [0.717, 1.165) is 22.5 Å². The maximum atomic E-state index is 8.62. The number of nitriles is 2. The summed E-state index contributed by atoms with van der Waals surface area (Å²) in [7, 11) is 0. The number of aromatic nitrogens is 1. The maximum absolute atomic E-state index is 8.62. The fourth-order valence-corrected chi connectivity index (χ4v) is 1.74. The van der Waals surface area contributed by atoms with E-state index >= 15 is 0 Å². The van der Waals surface area contributed by atoms with Gasteiger partial charge in [0.05, 0.1) is 12.5 Å².